The lowest BCUT2D eigenvalue weighted by molar-refractivity contribution is 1.32. The molecule has 0 saturated heterocycles. The molecule has 0 aliphatic carbocycles. The summed E-state index contributed by atoms with van der Waals surface area (Å²) in [4.78, 5) is 3.69. The molecule has 0 fully saturated rings. The zero-order chi connectivity index (χ0) is 7.82. The van der Waals surface area contributed by atoms with Crippen molar-refractivity contribution in [3.63, 3.8) is 0 Å². The topological polar surface area (TPSA) is 12.9 Å². The summed E-state index contributed by atoms with van der Waals surface area (Å²) in [6, 6.07) is 6.14. The summed E-state index contributed by atoms with van der Waals surface area (Å²) in [5.41, 5.74) is 0. The fourth-order valence-electron chi connectivity index (χ4n) is 0.302. The third-order valence-corrected chi connectivity index (χ3v) is 0.803. The molecule has 0 atom stereocenters. The van der Waals surface area contributed by atoms with Crippen LogP contribution in [0.3, 0.4) is 0 Å². The Balaban J connectivity index is 0.000000236. The van der Waals surface area contributed by atoms with Crippen LogP contribution in [-0.2, 0) is 0 Å². The molecular formula is C5H3Cl3MgN. The van der Waals surface area contributed by atoms with Crippen molar-refractivity contribution in [1.82, 2.24) is 4.98 Å². The Morgan fingerprint density at radius 2 is 2.10 bits per heavy atom. The van der Waals surface area contributed by atoms with Gasteiger partial charge < -0.3 is 18.1 Å². The molecule has 1 rings (SSSR count). The smallest absolute Gasteiger partial charge is 0.309 e. The van der Waals surface area contributed by atoms with Gasteiger partial charge in [0, 0.05) is 12.3 Å². The molecule has 0 unspecified atom stereocenters. The molecule has 1 aromatic heterocycles. The summed E-state index contributed by atoms with van der Waals surface area (Å²) in [5.74, 6) is 0. The number of pyridine rings is 1. The number of nitrogens with zero attached hydrogens (tertiary/aromatic N) is 1. The average Bonchev–Trinajstić information content (AvgIpc) is 1.91. The summed E-state index contributed by atoms with van der Waals surface area (Å²) in [6.45, 7) is 0. The summed E-state index contributed by atoms with van der Waals surface area (Å²) in [6.07, 6.45) is 1.53. The minimum atomic E-state index is -0.639. The quantitative estimate of drug-likeness (QED) is 0.471. The first-order valence-corrected chi connectivity index (χ1v) is 7.06. The van der Waals surface area contributed by atoms with E-state index in [0.29, 0.717) is 5.15 Å². The Labute approximate surface area is 82.0 Å². The minimum absolute atomic E-state index is 0.513. The van der Waals surface area contributed by atoms with Crippen LogP contribution in [0.4, 0.5) is 0 Å². The molecule has 0 spiro atoms. The molecule has 10 heavy (non-hydrogen) atoms. The van der Waals surface area contributed by atoms with Crippen LogP contribution in [-0.4, -0.2) is 23.1 Å². The maximum Gasteiger partial charge on any atom is 0.618 e. The molecule has 1 aromatic rings. The highest BCUT2D eigenvalue weighted by Gasteiger charge is 1.77. The molecule has 51 valence electrons. The number of aromatic nitrogens is 1. The van der Waals surface area contributed by atoms with Crippen LogP contribution in [0.2, 0.25) is 5.15 Å². The molecule has 0 aliphatic rings. The lowest BCUT2D eigenvalue weighted by Gasteiger charge is -1.78. The second kappa shape index (κ2) is 7.89. The van der Waals surface area contributed by atoms with Gasteiger partial charge >= 0.3 is 18.2 Å². The number of hydrogen-bond donors (Lipinski definition) is 0. The van der Waals surface area contributed by atoms with Gasteiger partial charge in [0.15, 0.2) is 0 Å². The van der Waals surface area contributed by atoms with E-state index in [1.807, 2.05) is 0 Å². The third kappa shape index (κ3) is 6.90. The highest BCUT2D eigenvalue weighted by molar-refractivity contribution is 7.22. The second-order valence-corrected chi connectivity index (χ2v) is 4.20. The van der Waals surface area contributed by atoms with Gasteiger partial charge in [0.1, 0.15) is 5.15 Å². The van der Waals surface area contributed by atoms with Gasteiger partial charge in [-0.1, -0.05) is 11.6 Å². The van der Waals surface area contributed by atoms with Crippen molar-refractivity contribution in [3.05, 3.63) is 29.5 Å². The number of rotatable bonds is 0. The Hall–Kier alpha value is 0.786. The van der Waals surface area contributed by atoms with Gasteiger partial charge in [-0.15, -0.1) is 0 Å². The summed E-state index contributed by atoms with van der Waals surface area (Å²) in [7, 11) is 9.81. The van der Waals surface area contributed by atoms with Gasteiger partial charge in [-0.25, -0.2) is 4.98 Å². The molecule has 0 amide bonds. The predicted molar refractivity (Wildman–Crippen MR) is 45.5 cm³/mol. The fourth-order valence-corrected chi connectivity index (χ4v) is 0.414. The average molecular weight is 208 g/mol. The fraction of sp³-hybridized carbons (Fsp3) is 0. The van der Waals surface area contributed by atoms with Crippen LogP contribution < -0.4 is 0 Å². The summed E-state index contributed by atoms with van der Waals surface area (Å²) < 4.78 is 0. The monoisotopic (exact) mass is 206 g/mol. The van der Waals surface area contributed by atoms with Crippen molar-refractivity contribution in [2.45, 2.75) is 0 Å². The van der Waals surface area contributed by atoms with E-state index in [-0.39, 0.29) is 0 Å². The Bertz CT molecular complexity index is 158. The lowest BCUT2D eigenvalue weighted by atomic mass is 10.5. The summed E-state index contributed by atoms with van der Waals surface area (Å²) >= 11 is 4.77. The van der Waals surface area contributed by atoms with E-state index >= 15 is 0 Å². The predicted octanol–water partition coefficient (Wildman–Crippen LogP) is 2.53. The van der Waals surface area contributed by atoms with Gasteiger partial charge in [-0.3, -0.25) is 0 Å². The van der Waals surface area contributed by atoms with Gasteiger partial charge in [0.05, 0.1) is 0 Å². The van der Waals surface area contributed by atoms with Gasteiger partial charge in [-0.2, -0.15) is 0 Å². The Kier molecular flexibility index (Phi) is 8.51. The summed E-state index contributed by atoms with van der Waals surface area (Å²) in [5, 5.41) is 0.513. The largest absolute Gasteiger partial charge is 0.618 e. The first-order chi connectivity index (χ1) is 4.81. The van der Waals surface area contributed by atoms with Gasteiger partial charge in [0.2, 0.25) is 0 Å². The molecule has 0 aromatic carbocycles. The van der Waals surface area contributed by atoms with Gasteiger partial charge in [0.25, 0.3) is 0 Å². The van der Waals surface area contributed by atoms with E-state index in [9.17, 15) is 0 Å². The first-order valence-electron chi connectivity index (χ1n) is 2.40. The normalized spacial score (nSPS) is 7.10. The van der Waals surface area contributed by atoms with Gasteiger partial charge in [-0.05, 0) is 12.1 Å². The molecule has 1 heterocycles. The molecule has 1 nitrogen and oxygen atoms in total. The molecule has 0 N–H and O–H groups in total. The van der Waals surface area contributed by atoms with E-state index in [0.717, 1.165) is 0 Å². The van der Waals surface area contributed by atoms with Crippen LogP contribution in [0.15, 0.2) is 18.3 Å². The van der Waals surface area contributed by atoms with Crippen LogP contribution in [0.5, 0.6) is 0 Å². The molecule has 0 bridgehead atoms. The molecule has 0 aliphatic heterocycles. The van der Waals surface area contributed by atoms with Crippen molar-refractivity contribution in [2.24, 2.45) is 0 Å². The van der Waals surface area contributed by atoms with Crippen LogP contribution in [0.1, 0.15) is 0 Å². The lowest BCUT2D eigenvalue weighted by Crippen LogP contribution is -1.66. The van der Waals surface area contributed by atoms with Crippen LogP contribution >= 0.6 is 29.7 Å². The highest BCUT2D eigenvalue weighted by Crippen LogP contribution is 1.97. The third-order valence-electron chi connectivity index (χ3n) is 0.580. The SMILES string of the molecule is Clc1cc[c]cn1.[Cl][Mg][Cl]. The van der Waals surface area contributed by atoms with E-state index in [4.69, 9.17) is 29.7 Å². The van der Waals surface area contributed by atoms with Crippen LogP contribution in [0.25, 0.3) is 0 Å². The Morgan fingerprint density at radius 1 is 1.50 bits per heavy atom. The van der Waals surface area contributed by atoms with Crippen molar-refractivity contribution in [1.29, 1.82) is 0 Å². The van der Waals surface area contributed by atoms with E-state index < -0.39 is 18.2 Å². The highest BCUT2D eigenvalue weighted by atomic mass is 35.6. The molecule has 5 heteroatoms. The van der Waals surface area contributed by atoms with Crippen molar-refractivity contribution in [2.75, 3.05) is 0 Å². The molecule has 0 saturated carbocycles. The number of hydrogen-bond acceptors (Lipinski definition) is 1. The zero-order valence-corrected chi connectivity index (χ0v) is 8.70. The minimum Gasteiger partial charge on any atom is -0.309 e. The standard InChI is InChI=1S/C5H3ClN.2ClH.Mg/c6-5-3-1-2-4-7-5;;;/h1,3-4H;2*1H;/q;;;+2/p-2. The molecule has 1 radical (unpaired) electrons. The second-order valence-electron chi connectivity index (χ2n) is 1.18. The van der Waals surface area contributed by atoms with Crippen molar-refractivity contribution in [3.8, 4) is 0 Å². The maximum atomic E-state index is 5.41. The van der Waals surface area contributed by atoms with Crippen LogP contribution in [0, 0.1) is 6.07 Å². The van der Waals surface area contributed by atoms with Crippen molar-refractivity contribution >= 4 is 47.9 Å². The van der Waals surface area contributed by atoms with E-state index in [1.54, 1.807) is 12.1 Å². The maximum absolute atomic E-state index is 5.41. The Morgan fingerprint density at radius 3 is 2.30 bits per heavy atom. The van der Waals surface area contributed by atoms with E-state index in [1.165, 1.54) is 6.20 Å². The zero-order valence-electron chi connectivity index (χ0n) is 5.02. The molecular weight excluding hydrogens is 205 g/mol. The van der Waals surface area contributed by atoms with Crippen molar-refractivity contribution < 1.29 is 0 Å². The number of halogens is 3. The first kappa shape index (κ1) is 10.8. The van der Waals surface area contributed by atoms with E-state index in [2.05, 4.69) is 11.1 Å².